The molecule has 32 heavy (non-hydrogen) atoms. The van der Waals surface area contributed by atoms with Gasteiger partial charge in [0.1, 0.15) is 6.10 Å². The van der Waals surface area contributed by atoms with Crippen molar-refractivity contribution in [2.75, 3.05) is 0 Å². The van der Waals surface area contributed by atoms with E-state index in [0.29, 0.717) is 12.8 Å². The second kappa shape index (κ2) is 8.69. The molecule has 0 heterocycles. The molecular weight excluding hydrogens is 412 g/mol. The molecule has 180 valence electrons. The molecule has 1 fully saturated rings. The van der Waals surface area contributed by atoms with Crippen LogP contribution in [0.1, 0.15) is 67.2 Å². The van der Waals surface area contributed by atoms with Gasteiger partial charge in [-0.25, -0.2) is 4.79 Å². The molecule has 7 nitrogen and oxygen atoms in total. The average molecular weight is 451 g/mol. The molecule has 0 aliphatic heterocycles. The van der Waals surface area contributed by atoms with Crippen LogP contribution in [0.15, 0.2) is 35.5 Å². The van der Waals surface area contributed by atoms with Crippen molar-refractivity contribution < 1.29 is 34.6 Å². The summed E-state index contributed by atoms with van der Waals surface area (Å²) in [6.45, 7) is 15.0. The summed E-state index contributed by atoms with van der Waals surface area (Å²) in [5.41, 5.74) is 0.448. The zero-order valence-electron chi connectivity index (χ0n) is 20.1. The first-order chi connectivity index (χ1) is 14.8. The zero-order chi connectivity index (χ0) is 24.1. The number of allylic oxidation sites excluding steroid dienone is 1. The Kier molecular flexibility index (Phi) is 6.82. The number of hydrogen-bond donors (Lipinski definition) is 3. The van der Waals surface area contributed by atoms with Gasteiger partial charge in [0.25, 0.3) is 0 Å². The monoisotopic (exact) mass is 450 g/mol. The van der Waals surface area contributed by atoms with Crippen molar-refractivity contribution in [2.45, 2.75) is 97.4 Å². The average Bonchev–Trinajstić information content (AvgIpc) is 2.70. The molecule has 3 aliphatic carbocycles. The number of aliphatic hydroxyl groups is 3. The molecule has 0 aromatic carbocycles. The van der Waals surface area contributed by atoms with Crippen molar-refractivity contribution in [1.82, 2.24) is 0 Å². The molecule has 0 aromatic heterocycles. The first-order valence-electron chi connectivity index (χ1n) is 11.4. The molecule has 3 rings (SSSR count). The molecule has 2 bridgehead atoms. The molecule has 0 spiro atoms. The van der Waals surface area contributed by atoms with Crippen molar-refractivity contribution in [3.05, 3.63) is 35.5 Å². The fourth-order valence-electron chi connectivity index (χ4n) is 6.28. The van der Waals surface area contributed by atoms with E-state index in [1.165, 1.54) is 18.6 Å². The van der Waals surface area contributed by atoms with Crippen molar-refractivity contribution in [1.29, 1.82) is 0 Å². The minimum Gasteiger partial charge on any atom is -0.392 e. The van der Waals surface area contributed by atoms with E-state index >= 15 is 0 Å². The van der Waals surface area contributed by atoms with Gasteiger partial charge >= 0.3 is 5.97 Å². The van der Waals surface area contributed by atoms with Crippen LogP contribution in [0.2, 0.25) is 0 Å². The Morgan fingerprint density at radius 1 is 1.34 bits per heavy atom. The van der Waals surface area contributed by atoms with E-state index in [2.05, 4.69) is 13.5 Å². The lowest BCUT2D eigenvalue weighted by atomic mass is 9.51. The molecular formula is C25H38O7. The normalized spacial score (nSPS) is 41.5. The van der Waals surface area contributed by atoms with Gasteiger partial charge in [0.05, 0.1) is 17.8 Å². The van der Waals surface area contributed by atoms with E-state index in [1.807, 2.05) is 33.8 Å². The van der Waals surface area contributed by atoms with E-state index in [1.54, 1.807) is 0 Å². The zero-order valence-corrected chi connectivity index (χ0v) is 20.1. The summed E-state index contributed by atoms with van der Waals surface area (Å²) in [5.74, 6) is -0.763. The number of carbonyl (C=O) groups excluding carboxylic acids is 1. The maximum Gasteiger partial charge on any atom is 0.339 e. The van der Waals surface area contributed by atoms with E-state index in [-0.39, 0.29) is 12.3 Å². The lowest BCUT2D eigenvalue weighted by Crippen LogP contribution is -2.59. The van der Waals surface area contributed by atoms with Gasteiger partial charge in [-0.3, -0.25) is 4.89 Å². The van der Waals surface area contributed by atoms with Crippen LogP contribution < -0.4 is 0 Å². The second-order valence-corrected chi connectivity index (χ2v) is 10.4. The van der Waals surface area contributed by atoms with Crippen LogP contribution in [-0.2, 0) is 19.3 Å². The lowest BCUT2D eigenvalue weighted by molar-refractivity contribution is -0.307. The molecule has 1 saturated carbocycles. The van der Waals surface area contributed by atoms with Crippen molar-refractivity contribution in [2.24, 2.45) is 16.7 Å². The summed E-state index contributed by atoms with van der Waals surface area (Å²) >= 11 is 0. The summed E-state index contributed by atoms with van der Waals surface area (Å²) in [4.78, 5) is 21.3. The Morgan fingerprint density at radius 2 is 2.00 bits per heavy atom. The number of hydrogen-bond acceptors (Lipinski definition) is 7. The Balaban J connectivity index is 2.19. The minimum absolute atomic E-state index is 0.194. The van der Waals surface area contributed by atoms with Gasteiger partial charge in [-0.05, 0) is 32.3 Å². The Hall–Kier alpha value is -1.51. The fraction of sp³-hybridized carbons (Fsp3) is 0.720. The Morgan fingerprint density at radius 3 is 2.59 bits per heavy atom. The summed E-state index contributed by atoms with van der Waals surface area (Å²) in [6, 6.07) is 0. The molecule has 3 aliphatic rings. The number of aliphatic hydroxyl groups excluding tert-OH is 2. The molecule has 0 amide bonds. The highest BCUT2D eigenvalue weighted by Gasteiger charge is 2.59. The van der Waals surface area contributed by atoms with Crippen LogP contribution in [0.4, 0.5) is 0 Å². The van der Waals surface area contributed by atoms with Crippen molar-refractivity contribution >= 4 is 5.97 Å². The largest absolute Gasteiger partial charge is 0.392 e. The third-order valence-electron chi connectivity index (χ3n) is 8.12. The number of fused-ring (bicyclic) bond motifs is 3. The molecule has 3 unspecified atom stereocenters. The highest BCUT2D eigenvalue weighted by Crippen LogP contribution is 2.59. The number of ether oxygens (including phenoxy) is 1. The highest BCUT2D eigenvalue weighted by molar-refractivity contribution is 5.65. The highest BCUT2D eigenvalue weighted by atomic mass is 17.2. The fourth-order valence-corrected chi connectivity index (χ4v) is 6.28. The SMILES string of the molecule is C=CC(O)O[C@@H]1C(C)C2=C(C)CC[C@@](O)(/C=C3/CC(OOC(C)=O)C[C@H](O)[C@]31C)C2(C)C. The smallest absolute Gasteiger partial charge is 0.339 e. The molecule has 0 radical (unpaired) electrons. The summed E-state index contributed by atoms with van der Waals surface area (Å²) in [6.07, 6.45) is 1.82. The van der Waals surface area contributed by atoms with Gasteiger partial charge < -0.3 is 20.1 Å². The Bertz CT molecular complexity index is 828. The van der Waals surface area contributed by atoms with Crippen LogP contribution >= 0.6 is 0 Å². The van der Waals surface area contributed by atoms with Crippen LogP contribution in [0.25, 0.3) is 0 Å². The van der Waals surface area contributed by atoms with E-state index in [4.69, 9.17) is 14.5 Å². The number of carbonyl (C=O) groups is 1. The standard InChI is InChI=1S/C25H38O7/c1-8-20(28)30-22-15(3)21-14(2)9-10-25(29,23(21,5)6)13-17-11-18(32-31-16(4)26)12-19(27)24(17,22)7/h8,13,15,18-20,22,27-29H,1,9-12H2,2-7H3/b17-13-/t15?,18?,19-,20?,22+,24-,25+/m0/s1. The summed E-state index contributed by atoms with van der Waals surface area (Å²) in [7, 11) is 0. The molecule has 0 saturated heterocycles. The van der Waals surface area contributed by atoms with Gasteiger partial charge in [-0.1, -0.05) is 57.1 Å². The van der Waals surface area contributed by atoms with Crippen molar-refractivity contribution in [3.63, 3.8) is 0 Å². The molecule has 7 atom stereocenters. The quantitative estimate of drug-likeness (QED) is 0.255. The van der Waals surface area contributed by atoms with E-state index < -0.39 is 47.0 Å². The van der Waals surface area contributed by atoms with Gasteiger partial charge in [0.15, 0.2) is 6.29 Å². The van der Waals surface area contributed by atoms with Crippen LogP contribution in [0.3, 0.4) is 0 Å². The molecule has 3 N–H and O–H groups in total. The number of rotatable bonds is 5. The predicted octanol–water partition coefficient (Wildman–Crippen LogP) is 3.34. The third kappa shape index (κ3) is 3.99. The molecule has 7 heteroatoms. The van der Waals surface area contributed by atoms with Crippen LogP contribution in [0.5, 0.6) is 0 Å². The van der Waals surface area contributed by atoms with Crippen LogP contribution in [-0.4, -0.2) is 51.5 Å². The summed E-state index contributed by atoms with van der Waals surface area (Å²) < 4.78 is 6.13. The first-order valence-corrected chi connectivity index (χ1v) is 11.4. The van der Waals surface area contributed by atoms with Gasteiger partial charge in [-0.15, -0.1) is 0 Å². The first kappa shape index (κ1) is 25.1. The Labute approximate surface area is 190 Å². The second-order valence-electron chi connectivity index (χ2n) is 10.4. The minimum atomic E-state index is -1.20. The van der Waals surface area contributed by atoms with Crippen LogP contribution in [0, 0.1) is 16.7 Å². The maximum atomic E-state index is 11.9. The van der Waals surface area contributed by atoms with Crippen molar-refractivity contribution in [3.8, 4) is 0 Å². The third-order valence-corrected chi connectivity index (χ3v) is 8.12. The molecule has 0 aromatic rings. The van der Waals surface area contributed by atoms with Gasteiger partial charge in [0, 0.05) is 30.1 Å². The predicted molar refractivity (Wildman–Crippen MR) is 119 cm³/mol. The lowest BCUT2D eigenvalue weighted by Gasteiger charge is -2.57. The summed E-state index contributed by atoms with van der Waals surface area (Å²) in [5, 5.41) is 33.7. The maximum absolute atomic E-state index is 11.9. The van der Waals surface area contributed by atoms with E-state index in [0.717, 1.165) is 17.6 Å². The van der Waals surface area contributed by atoms with E-state index in [9.17, 15) is 20.1 Å². The van der Waals surface area contributed by atoms with Gasteiger partial charge in [0.2, 0.25) is 0 Å². The van der Waals surface area contributed by atoms with Gasteiger partial charge in [-0.2, -0.15) is 4.89 Å². The topological polar surface area (TPSA) is 105 Å².